The molecule has 4 aromatic carbocycles. The maximum atomic E-state index is 12.5. The number of aliphatic hydroxyl groups is 1. The monoisotopic (exact) mass is 478 g/mol. The smallest absolute Gasteiger partial charge is 0.255 e. The van der Waals surface area contributed by atoms with Gasteiger partial charge in [-0.3, -0.25) is 4.79 Å². The molecule has 1 amide bonds. The minimum atomic E-state index is -0.860. The zero-order chi connectivity index (χ0) is 24.9. The van der Waals surface area contributed by atoms with Crippen molar-refractivity contribution >= 4 is 17.3 Å². The average Bonchev–Trinajstić information content (AvgIpc) is 3.22. The summed E-state index contributed by atoms with van der Waals surface area (Å²) in [5, 5.41) is 17.5. The number of hydrogen-bond acceptors (Lipinski definition) is 5. The number of aliphatic hydroxyl groups excluding tert-OH is 1. The lowest BCUT2D eigenvalue weighted by Gasteiger charge is -2.12. The van der Waals surface area contributed by atoms with Gasteiger partial charge in [-0.2, -0.15) is 0 Å². The van der Waals surface area contributed by atoms with Gasteiger partial charge in [-0.1, -0.05) is 71.9 Å². The molecule has 2 N–H and O–H groups in total. The van der Waals surface area contributed by atoms with Crippen molar-refractivity contribution in [2.75, 3.05) is 18.5 Å². The van der Waals surface area contributed by atoms with Crippen LogP contribution in [0.15, 0.2) is 102 Å². The Hall–Kier alpha value is -4.42. The molecule has 1 aliphatic carbocycles. The molecular weight excluding hydrogens is 452 g/mol. The van der Waals surface area contributed by atoms with E-state index in [1.165, 1.54) is 0 Å². The van der Waals surface area contributed by atoms with Crippen molar-refractivity contribution in [2.24, 2.45) is 5.16 Å². The van der Waals surface area contributed by atoms with Crippen LogP contribution < -0.4 is 10.1 Å². The van der Waals surface area contributed by atoms with E-state index in [2.05, 4.69) is 22.6 Å². The standard InChI is InChI=1S/C30H26N2O4/c1-20-8-2-3-9-24(20)30(34)31-21-14-16-23(17-15-21)35-18-22(33)19-36-32-29-27-12-6-4-10-25(27)26-11-5-7-13-28(26)29/h2-17,22,33H,18-19H2,1H3,(H,31,34)/t22-/m1/s1. The third-order valence-electron chi connectivity index (χ3n) is 6.02. The van der Waals surface area contributed by atoms with Gasteiger partial charge in [0.05, 0.1) is 0 Å². The summed E-state index contributed by atoms with van der Waals surface area (Å²) in [5.74, 6) is 0.413. The summed E-state index contributed by atoms with van der Waals surface area (Å²) in [6, 6.07) is 30.6. The quantitative estimate of drug-likeness (QED) is 0.291. The van der Waals surface area contributed by atoms with E-state index in [1.807, 2.05) is 61.5 Å². The SMILES string of the molecule is Cc1ccccc1C(=O)Nc1ccc(OC[C@@H](O)CON=C2c3ccccc3-c3ccccc32)cc1. The molecule has 1 atom stereocenters. The summed E-state index contributed by atoms with van der Waals surface area (Å²) in [6.45, 7) is 1.95. The molecule has 4 aromatic rings. The second kappa shape index (κ2) is 10.5. The fraction of sp³-hybridized carbons (Fsp3) is 0.133. The highest BCUT2D eigenvalue weighted by Gasteiger charge is 2.24. The van der Waals surface area contributed by atoms with Crippen molar-refractivity contribution in [3.05, 3.63) is 119 Å². The fourth-order valence-corrected chi connectivity index (χ4v) is 4.18. The van der Waals surface area contributed by atoms with Crippen LogP contribution in [0.5, 0.6) is 5.75 Å². The number of nitrogens with zero attached hydrogens (tertiary/aromatic N) is 1. The molecule has 0 aliphatic heterocycles. The molecule has 0 radical (unpaired) electrons. The van der Waals surface area contributed by atoms with Crippen LogP contribution in [0.4, 0.5) is 5.69 Å². The minimum absolute atomic E-state index is 0.00159. The summed E-state index contributed by atoms with van der Waals surface area (Å²) in [5.41, 5.74) is 7.24. The molecule has 0 bridgehead atoms. The Balaban J connectivity index is 1.13. The fourth-order valence-electron chi connectivity index (χ4n) is 4.18. The molecule has 0 fully saturated rings. The van der Waals surface area contributed by atoms with Gasteiger partial charge in [0.1, 0.15) is 30.8 Å². The van der Waals surface area contributed by atoms with E-state index in [0.29, 0.717) is 17.0 Å². The third-order valence-corrected chi connectivity index (χ3v) is 6.02. The number of anilines is 1. The van der Waals surface area contributed by atoms with Crippen molar-refractivity contribution in [3.8, 4) is 16.9 Å². The number of benzene rings is 4. The number of rotatable bonds is 8. The average molecular weight is 479 g/mol. The van der Waals surface area contributed by atoms with Crippen LogP contribution in [0.3, 0.4) is 0 Å². The van der Waals surface area contributed by atoms with Gasteiger partial charge in [-0.15, -0.1) is 0 Å². The van der Waals surface area contributed by atoms with Crippen LogP contribution in [-0.2, 0) is 4.84 Å². The highest BCUT2D eigenvalue weighted by atomic mass is 16.6. The van der Waals surface area contributed by atoms with Crippen LogP contribution in [0, 0.1) is 6.92 Å². The van der Waals surface area contributed by atoms with Crippen LogP contribution in [-0.4, -0.2) is 36.0 Å². The lowest BCUT2D eigenvalue weighted by atomic mass is 10.1. The first-order valence-corrected chi connectivity index (χ1v) is 11.8. The molecule has 180 valence electrons. The number of ether oxygens (including phenoxy) is 1. The lowest BCUT2D eigenvalue weighted by molar-refractivity contribution is 0.0145. The zero-order valence-electron chi connectivity index (χ0n) is 19.8. The van der Waals surface area contributed by atoms with E-state index in [4.69, 9.17) is 9.57 Å². The molecular formula is C30H26N2O4. The first-order chi connectivity index (χ1) is 17.6. The van der Waals surface area contributed by atoms with Crippen LogP contribution in [0.1, 0.15) is 27.0 Å². The topological polar surface area (TPSA) is 80.2 Å². The van der Waals surface area contributed by atoms with E-state index in [1.54, 1.807) is 30.3 Å². The van der Waals surface area contributed by atoms with E-state index in [-0.39, 0.29) is 19.1 Å². The van der Waals surface area contributed by atoms with E-state index >= 15 is 0 Å². The van der Waals surface area contributed by atoms with Crippen molar-refractivity contribution in [3.63, 3.8) is 0 Å². The molecule has 0 unspecified atom stereocenters. The molecule has 6 heteroatoms. The molecule has 5 rings (SSSR count). The molecule has 0 saturated heterocycles. The number of oxime groups is 1. The second-order valence-corrected chi connectivity index (χ2v) is 8.59. The zero-order valence-corrected chi connectivity index (χ0v) is 19.8. The van der Waals surface area contributed by atoms with Gasteiger partial charge >= 0.3 is 0 Å². The van der Waals surface area contributed by atoms with Crippen LogP contribution >= 0.6 is 0 Å². The van der Waals surface area contributed by atoms with Crippen LogP contribution in [0.25, 0.3) is 11.1 Å². The van der Waals surface area contributed by atoms with E-state index < -0.39 is 6.10 Å². The Kier molecular flexibility index (Phi) is 6.78. The highest BCUT2D eigenvalue weighted by Crippen LogP contribution is 2.36. The van der Waals surface area contributed by atoms with Crippen molar-refractivity contribution in [2.45, 2.75) is 13.0 Å². The Morgan fingerprint density at radius 1 is 0.806 bits per heavy atom. The van der Waals surface area contributed by atoms with Crippen LogP contribution in [0.2, 0.25) is 0 Å². The second-order valence-electron chi connectivity index (χ2n) is 8.59. The van der Waals surface area contributed by atoms with Gasteiger partial charge in [-0.05, 0) is 53.9 Å². The van der Waals surface area contributed by atoms with Gasteiger partial charge in [0.15, 0.2) is 0 Å². The maximum absolute atomic E-state index is 12.5. The molecule has 6 nitrogen and oxygen atoms in total. The van der Waals surface area contributed by atoms with E-state index in [9.17, 15) is 9.90 Å². The van der Waals surface area contributed by atoms with Crippen molar-refractivity contribution in [1.29, 1.82) is 0 Å². The van der Waals surface area contributed by atoms with Crippen molar-refractivity contribution < 1.29 is 19.5 Å². The summed E-state index contributed by atoms with van der Waals surface area (Å²) >= 11 is 0. The van der Waals surface area contributed by atoms with Gasteiger partial charge < -0.3 is 20.0 Å². The molecule has 0 heterocycles. The number of nitrogens with one attached hydrogen (secondary N) is 1. The number of fused-ring (bicyclic) bond motifs is 3. The molecule has 0 spiro atoms. The Morgan fingerprint density at radius 3 is 2.03 bits per heavy atom. The highest BCUT2D eigenvalue weighted by molar-refractivity contribution is 6.24. The molecule has 0 saturated carbocycles. The molecule has 1 aliphatic rings. The van der Waals surface area contributed by atoms with Gasteiger partial charge in [0.25, 0.3) is 5.91 Å². The predicted octanol–water partition coefficient (Wildman–Crippen LogP) is 5.44. The molecule has 36 heavy (non-hydrogen) atoms. The van der Waals surface area contributed by atoms with Gasteiger partial charge in [-0.25, -0.2) is 0 Å². The first kappa shape index (κ1) is 23.3. The minimum Gasteiger partial charge on any atom is -0.491 e. The number of aryl methyl sites for hydroxylation is 1. The first-order valence-electron chi connectivity index (χ1n) is 11.8. The number of hydrogen-bond donors (Lipinski definition) is 2. The van der Waals surface area contributed by atoms with Gasteiger partial charge in [0.2, 0.25) is 0 Å². The number of amides is 1. The summed E-state index contributed by atoms with van der Waals surface area (Å²) < 4.78 is 5.68. The maximum Gasteiger partial charge on any atom is 0.255 e. The lowest BCUT2D eigenvalue weighted by Crippen LogP contribution is -2.22. The normalized spacial score (nSPS) is 12.3. The summed E-state index contributed by atoms with van der Waals surface area (Å²) in [7, 11) is 0. The largest absolute Gasteiger partial charge is 0.491 e. The number of carbonyl (C=O) groups is 1. The molecule has 0 aromatic heterocycles. The van der Waals surface area contributed by atoms with E-state index in [0.717, 1.165) is 33.5 Å². The summed E-state index contributed by atoms with van der Waals surface area (Å²) in [4.78, 5) is 18.0. The summed E-state index contributed by atoms with van der Waals surface area (Å²) in [6.07, 6.45) is -0.860. The third kappa shape index (κ3) is 4.99. The number of carbonyl (C=O) groups excluding carboxylic acids is 1. The predicted molar refractivity (Wildman–Crippen MR) is 141 cm³/mol. The Labute approximate surface area is 209 Å². The van der Waals surface area contributed by atoms with Crippen molar-refractivity contribution in [1.82, 2.24) is 0 Å². The Bertz CT molecular complexity index is 1370. The Morgan fingerprint density at radius 2 is 1.39 bits per heavy atom. The van der Waals surface area contributed by atoms with Gasteiger partial charge in [0, 0.05) is 22.4 Å².